The van der Waals surface area contributed by atoms with Gasteiger partial charge in [-0.1, -0.05) is 43.2 Å². The number of ether oxygens (including phenoxy) is 1. The number of carbonyl (C=O) groups is 1. The van der Waals surface area contributed by atoms with E-state index in [9.17, 15) is 4.79 Å². The zero-order valence-corrected chi connectivity index (χ0v) is 20.4. The van der Waals surface area contributed by atoms with Gasteiger partial charge >= 0.3 is 0 Å². The van der Waals surface area contributed by atoms with Gasteiger partial charge in [0.1, 0.15) is 0 Å². The van der Waals surface area contributed by atoms with Crippen LogP contribution in [0.3, 0.4) is 0 Å². The number of amides is 1. The number of nitrogens with one attached hydrogen (secondary N) is 2. The Morgan fingerprint density at radius 2 is 1.86 bits per heavy atom. The van der Waals surface area contributed by atoms with Crippen molar-refractivity contribution >= 4 is 35.8 Å². The topological polar surface area (TPSA) is 66.0 Å². The van der Waals surface area contributed by atoms with Crippen LogP contribution in [0.15, 0.2) is 35.3 Å². The summed E-state index contributed by atoms with van der Waals surface area (Å²) < 4.78 is 5.61. The van der Waals surface area contributed by atoms with Crippen molar-refractivity contribution in [1.29, 1.82) is 0 Å². The minimum atomic E-state index is 0. The highest BCUT2D eigenvalue weighted by Gasteiger charge is 2.33. The van der Waals surface area contributed by atoms with E-state index in [0.29, 0.717) is 12.5 Å². The Morgan fingerprint density at radius 3 is 2.48 bits per heavy atom. The molecule has 0 spiro atoms. The normalized spacial score (nSPS) is 15.5. The van der Waals surface area contributed by atoms with Gasteiger partial charge < -0.3 is 20.3 Å². The van der Waals surface area contributed by atoms with Crippen molar-refractivity contribution in [2.75, 3.05) is 40.4 Å². The maximum absolute atomic E-state index is 12.0. The Morgan fingerprint density at radius 1 is 1.17 bits per heavy atom. The first-order valence-corrected chi connectivity index (χ1v) is 10.4. The Balaban J connectivity index is 0.00000420. The Hall–Kier alpha value is -1.35. The van der Waals surface area contributed by atoms with Crippen LogP contribution in [0.1, 0.15) is 44.6 Å². The molecule has 0 saturated heterocycles. The number of halogens is 1. The van der Waals surface area contributed by atoms with Crippen LogP contribution in [-0.4, -0.2) is 57.2 Å². The van der Waals surface area contributed by atoms with Gasteiger partial charge in [0.25, 0.3) is 0 Å². The lowest BCUT2D eigenvalue weighted by Gasteiger charge is -2.30. The second kappa shape index (κ2) is 13.8. The summed E-state index contributed by atoms with van der Waals surface area (Å²) in [5.74, 6) is 0.725. The molecule has 0 aromatic heterocycles. The third kappa shape index (κ3) is 9.33. The molecule has 0 bridgehead atoms. The summed E-state index contributed by atoms with van der Waals surface area (Å²) in [5, 5.41) is 6.70. The fourth-order valence-electron chi connectivity index (χ4n) is 3.59. The predicted molar refractivity (Wildman–Crippen MR) is 130 cm³/mol. The molecule has 164 valence electrons. The van der Waals surface area contributed by atoms with Crippen LogP contribution in [0, 0.1) is 5.41 Å². The molecule has 0 atom stereocenters. The monoisotopic (exact) mass is 516 g/mol. The van der Waals surface area contributed by atoms with Gasteiger partial charge in [0.05, 0.1) is 13.1 Å². The van der Waals surface area contributed by atoms with Crippen LogP contribution in [0.5, 0.6) is 0 Å². The first-order valence-electron chi connectivity index (χ1n) is 10.4. The number of nitrogens with zero attached hydrogens (tertiary/aromatic N) is 2. The lowest BCUT2D eigenvalue weighted by Crippen LogP contribution is -2.46. The molecule has 0 aliphatic heterocycles. The highest BCUT2D eigenvalue weighted by Crippen LogP contribution is 2.40. The molecule has 1 amide bonds. The van der Waals surface area contributed by atoms with E-state index in [1.54, 1.807) is 19.0 Å². The lowest BCUT2D eigenvalue weighted by atomic mass is 9.83. The first kappa shape index (κ1) is 25.7. The van der Waals surface area contributed by atoms with Crippen LogP contribution in [0.2, 0.25) is 0 Å². The highest BCUT2D eigenvalue weighted by molar-refractivity contribution is 14.0. The Labute approximate surface area is 192 Å². The minimum absolute atomic E-state index is 0. The van der Waals surface area contributed by atoms with Gasteiger partial charge in [0.2, 0.25) is 5.91 Å². The van der Waals surface area contributed by atoms with E-state index in [4.69, 9.17) is 9.73 Å². The van der Waals surface area contributed by atoms with Crippen LogP contribution < -0.4 is 10.6 Å². The molecule has 1 aromatic rings. The third-order valence-corrected chi connectivity index (χ3v) is 5.44. The summed E-state index contributed by atoms with van der Waals surface area (Å²) in [5.41, 5.74) is 1.41. The second-order valence-electron chi connectivity index (χ2n) is 7.80. The molecule has 0 unspecified atom stereocenters. The second-order valence-corrected chi connectivity index (χ2v) is 7.80. The molecule has 0 radical (unpaired) electrons. The molecule has 7 heteroatoms. The molecule has 1 aliphatic rings. The van der Waals surface area contributed by atoms with E-state index in [0.717, 1.165) is 31.7 Å². The fourth-order valence-corrected chi connectivity index (χ4v) is 3.59. The molecule has 1 aromatic carbocycles. The molecule has 6 nitrogen and oxygen atoms in total. The number of carbonyl (C=O) groups excluding carboxylic acids is 1. The van der Waals surface area contributed by atoms with Crippen LogP contribution in [0.25, 0.3) is 0 Å². The van der Waals surface area contributed by atoms with Crippen molar-refractivity contribution in [3.05, 3.63) is 35.9 Å². The summed E-state index contributed by atoms with van der Waals surface area (Å²) in [7, 11) is 3.53. The van der Waals surface area contributed by atoms with Crippen molar-refractivity contribution in [3.63, 3.8) is 0 Å². The number of hydrogen-bond acceptors (Lipinski definition) is 3. The molecule has 1 saturated carbocycles. The van der Waals surface area contributed by atoms with Gasteiger partial charge in [0, 0.05) is 33.9 Å². The average Bonchev–Trinajstić information content (AvgIpc) is 3.17. The van der Waals surface area contributed by atoms with Gasteiger partial charge in [-0.05, 0) is 37.2 Å². The number of aliphatic imine (C=N–C) groups is 1. The van der Waals surface area contributed by atoms with E-state index in [1.807, 2.05) is 25.1 Å². The quantitative estimate of drug-likeness (QED) is 0.217. The molecular formula is C22H37IN4O2. The summed E-state index contributed by atoms with van der Waals surface area (Å²) in [4.78, 5) is 18.3. The summed E-state index contributed by atoms with van der Waals surface area (Å²) in [6, 6.07) is 10.2. The van der Waals surface area contributed by atoms with Gasteiger partial charge in [-0.15, -0.1) is 24.0 Å². The van der Waals surface area contributed by atoms with Gasteiger partial charge in [-0.3, -0.25) is 4.79 Å². The molecule has 1 aliphatic carbocycles. The summed E-state index contributed by atoms with van der Waals surface area (Å²) in [6.45, 7) is 5.29. The number of guanidine groups is 1. The van der Waals surface area contributed by atoms with Crippen molar-refractivity contribution in [2.45, 2.75) is 45.6 Å². The molecule has 29 heavy (non-hydrogen) atoms. The van der Waals surface area contributed by atoms with E-state index < -0.39 is 0 Å². The zero-order valence-electron chi connectivity index (χ0n) is 18.1. The maximum atomic E-state index is 12.0. The largest absolute Gasteiger partial charge is 0.382 e. The van der Waals surface area contributed by atoms with Gasteiger partial charge in [-0.25, -0.2) is 4.99 Å². The fraction of sp³-hybridized carbons (Fsp3) is 0.636. The van der Waals surface area contributed by atoms with Crippen LogP contribution >= 0.6 is 24.0 Å². The van der Waals surface area contributed by atoms with Crippen LogP contribution in [0.4, 0.5) is 0 Å². The first-order chi connectivity index (χ1) is 13.5. The lowest BCUT2D eigenvalue weighted by molar-refractivity contribution is -0.127. The standard InChI is InChI=1S/C22H36N4O2.HI/c1-4-28-15-14-22(12-8-9-13-22)18-25-21(24-17-20(27)26(2)3)23-16-19-10-6-5-7-11-19;/h5-7,10-11H,4,8-9,12-18H2,1-3H3,(H2,23,24,25);1H. The number of rotatable bonds is 10. The van der Waals surface area contributed by atoms with E-state index in [2.05, 4.69) is 22.8 Å². The molecule has 2 rings (SSSR count). The highest BCUT2D eigenvalue weighted by atomic mass is 127. The van der Waals surface area contributed by atoms with Crippen molar-refractivity contribution in [1.82, 2.24) is 15.5 Å². The zero-order chi connectivity index (χ0) is 20.2. The average molecular weight is 516 g/mol. The number of benzene rings is 1. The van der Waals surface area contributed by atoms with E-state index in [1.165, 1.54) is 25.7 Å². The van der Waals surface area contributed by atoms with E-state index >= 15 is 0 Å². The molecular weight excluding hydrogens is 479 g/mol. The Kier molecular flexibility index (Phi) is 12.2. The molecule has 1 fully saturated rings. The van der Waals surface area contributed by atoms with Crippen molar-refractivity contribution in [3.8, 4) is 0 Å². The predicted octanol–water partition coefficient (Wildman–Crippen LogP) is 3.42. The smallest absolute Gasteiger partial charge is 0.241 e. The summed E-state index contributed by atoms with van der Waals surface area (Å²) >= 11 is 0. The Bertz CT molecular complexity index is 616. The SMILES string of the molecule is CCOCCC1(CNC(=NCc2ccccc2)NCC(=O)N(C)C)CCCC1.I. The van der Waals surface area contributed by atoms with Gasteiger partial charge in [0.15, 0.2) is 5.96 Å². The number of hydrogen-bond donors (Lipinski definition) is 2. The third-order valence-electron chi connectivity index (χ3n) is 5.44. The van der Waals surface area contributed by atoms with E-state index in [-0.39, 0.29) is 41.8 Å². The van der Waals surface area contributed by atoms with Crippen LogP contribution in [-0.2, 0) is 16.1 Å². The minimum Gasteiger partial charge on any atom is -0.382 e. The number of likely N-dealkylation sites (N-methyl/N-ethyl adjacent to an activating group) is 1. The maximum Gasteiger partial charge on any atom is 0.241 e. The van der Waals surface area contributed by atoms with Crippen molar-refractivity contribution < 1.29 is 9.53 Å². The molecule has 2 N–H and O–H groups in total. The molecule has 0 heterocycles. The summed E-state index contributed by atoms with van der Waals surface area (Å²) in [6.07, 6.45) is 6.05. The van der Waals surface area contributed by atoms with Gasteiger partial charge in [-0.2, -0.15) is 0 Å². The van der Waals surface area contributed by atoms with Crippen molar-refractivity contribution in [2.24, 2.45) is 10.4 Å².